The summed E-state index contributed by atoms with van der Waals surface area (Å²) in [5.74, 6) is -1.14. The highest BCUT2D eigenvalue weighted by atomic mass is 35.5. The van der Waals surface area contributed by atoms with Crippen molar-refractivity contribution in [2.75, 3.05) is 19.0 Å². The van der Waals surface area contributed by atoms with Crippen molar-refractivity contribution >= 4 is 29.2 Å². The van der Waals surface area contributed by atoms with E-state index in [0.717, 1.165) is 12.1 Å². The predicted molar refractivity (Wildman–Crippen MR) is 83.3 cm³/mol. The van der Waals surface area contributed by atoms with Gasteiger partial charge in [0.15, 0.2) is 6.61 Å². The van der Waals surface area contributed by atoms with Gasteiger partial charge in [-0.3, -0.25) is 4.79 Å². The number of benzene rings is 2. The van der Waals surface area contributed by atoms with E-state index in [1.54, 1.807) is 12.1 Å². The van der Waals surface area contributed by atoms with Crippen LogP contribution in [0.15, 0.2) is 42.5 Å². The molecule has 1 amide bonds. The third-order valence-corrected chi connectivity index (χ3v) is 3.18. The van der Waals surface area contributed by atoms with Gasteiger partial charge >= 0.3 is 5.97 Å². The molecule has 0 bridgehead atoms. The van der Waals surface area contributed by atoms with Crippen molar-refractivity contribution in [3.8, 4) is 5.75 Å². The molecule has 0 atom stereocenters. The largest absolute Gasteiger partial charge is 0.497 e. The van der Waals surface area contributed by atoms with Crippen LogP contribution in [0.1, 0.15) is 10.4 Å². The number of methoxy groups -OCH3 is 1. The Balaban J connectivity index is 1.89. The predicted octanol–water partition coefficient (Wildman–Crippen LogP) is 3.28. The molecular weight excluding hydrogens is 325 g/mol. The van der Waals surface area contributed by atoms with Gasteiger partial charge in [0.1, 0.15) is 11.6 Å². The van der Waals surface area contributed by atoms with E-state index in [1.165, 1.54) is 25.3 Å². The molecule has 0 fully saturated rings. The van der Waals surface area contributed by atoms with Crippen LogP contribution >= 0.6 is 11.6 Å². The molecule has 0 aliphatic carbocycles. The maximum atomic E-state index is 12.9. The first kappa shape index (κ1) is 16.8. The van der Waals surface area contributed by atoms with Crippen molar-refractivity contribution in [1.82, 2.24) is 0 Å². The van der Waals surface area contributed by atoms with Gasteiger partial charge in [0.2, 0.25) is 0 Å². The number of esters is 1. The van der Waals surface area contributed by atoms with E-state index in [4.69, 9.17) is 21.1 Å². The number of nitrogens with one attached hydrogen (secondary N) is 1. The Hall–Kier alpha value is -2.60. The lowest BCUT2D eigenvalue weighted by Gasteiger charge is -2.08. The van der Waals surface area contributed by atoms with Gasteiger partial charge in [-0.15, -0.1) is 0 Å². The molecule has 2 rings (SSSR count). The highest BCUT2D eigenvalue weighted by Crippen LogP contribution is 2.22. The van der Waals surface area contributed by atoms with Crippen LogP contribution in [0.3, 0.4) is 0 Å². The fraction of sp³-hybridized carbons (Fsp3) is 0.125. The smallest absolute Gasteiger partial charge is 0.338 e. The minimum Gasteiger partial charge on any atom is -0.497 e. The fourth-order valence-electron chi connectivity index (χ4n) is 1.72. The molecule has 0 saturated heterocycles. The van der Waals surface area contributed by atoms with Crippen LogP contribution in [0.4, 0.5) is 10.1 Å². The Kier molecular flexibility index (Phi) is 5.54. The quantitative estimate of drug-likeness (QED) is 0.850. The highest BCUT2D eigenvalue weighted by Gasteiger charge is 2.12. The third kappa shape index (κ3) is 4.69. The summed E-state index contributed by atoms with van der Waals surface area (Å²) in [6, 6.07) is 9.81. The molecule has 5 nitrogen and oxygen atoms in total. The number of hydrogen-bond donors (Lipinski definition) is 1. The summed E-state index contributed by atoms with van der Waals surface area (Å²) in [6.45, 7) is -0.488. The average Bonchev–Trinajstić information content (AvgIpc) is 2.55. The summed E-state index contributed by atoms with van der Waals surface area (Å²) in [6.07, 6.45) is 0. The van der Waals surface area contributed by atoms with Crippen LogP contribution in [0.25, 0.3) is 0 Å². The van der Waals surface area contributed by atoms with E-state index in [2.05, 4.69) is 5.32 Å². The van der Waals surface area contributed by atoms with Crippen molar-refractivity contribution in [2.24, 2.45) is 0 Å². The van der Waals surface area contributed by atoms with Gasteiger partial charge in [-0.2, -0.15) is 0 Å². The highest BCUT2D eigenvalue weighted by molar-refractivity contribution is 6.33. The third-order valence-electron chi connectivity index (χ3n) is 2.87. The van der Waals surface area contributed by atoms with Crippen LogP contribution in [-0.2, 0) is 9.53 Å². The standard InChI is InChI=1S/C16H13ClFNO4/c1-22-12-5-2-10(3-6-12)16(21)23-9-15(20)19-14-7-4-11(18)8-13(14)17/h2-8H,9H2,1H3,(H,19,20). The van der Waals surface area contributed by atoms with Gasteiger partial charge < -0.3 is 14.8 Å². The van der Waals surface area contributed by atoms with Gasteiger partial charge in [-0.1, -0.05) is 11.6 Å². The molecule has 2 aromatic rings. The second kappa shape index (κ2) is 7.60. The topological polar surface area (TPSA) is 64.6 Å². The summed E-state index contributed by atoms with van der Waals surface area (Å²) >= 11 is 5.79. The molecule has 2 aromatic carbocycles. The first-order valence-electron chi connectivity index (χ1n) is 6.55. The zero-order chi connectivity index (χ0) is 16.8. The Morgan fingerprint density at radius 1 is 1.17 bits per heavy atom. The molecule has 120 valence electrons. The van der Waals surface area contributed by atoms with E-state index in [-0.39, 0.29) is 10.7 Å². The number of carbonyl (C=O) groups is 2. The van der Waals surface area contributed by atoms with E-state index in [1.807, 2.05) is 0 Å². The van der Waals surface area contributed by atoms with Crippen molar-refractivity contribution in [3.63, 3.8) is 0 Å². The van der Waals surface area contributed by atoms with Gasteiger partial charge in [-0.05, 0) is 42.5 Å². The molecule has 0 radical (unpaired) electrons. The number of anilines is 1. The van der Waals surface area contributed by atoms with Crippen LogP contribution in [-0.4, -0.2) is 25.6 Å². The fourth-order valence-corrected chi connectivity index (χ4v) is 1.93. The molecule has 23 heavy (non-hydrogen) atoms. The minimum absolute atomic E-state index is 0.0554. The van der Waals surface area contributed by atoms with E-state index in [9.17, 15) is 14.0 Å². The summed E-state index contributed by atoms with van der Waals surface area (Å²) in [4.78, 5) is 23.5. The summed E-state index contributed by atoms with van der Waals surface area (Å²) in [5.41, 5.74) is 0.525. The van der Waals surface area contributed by atoms with Crippen LogP contribution < -0.4 is 10.1 Å². The monoisotopic (exact) mass is 337 g/mol. The molecule has 0 aromatic heterocycles. The van der Waals surface area contributed by atoms with E-state index in [0.29, 0.717) is 11.3 Å². The summed E-state index contributed by atoms with van der Waals surface area (Å²) in [5, 5.41) is 2.48. The SMILES string of the molecule is COc1ccc(C(=O)OCC(=O)Nc2ccc(F)cc2Cl)cc1. The molecule has 0 aliphatic heterocycles. The molecule has 7 heteroatoms. The Bertz CT molecular complexity index is 719. The maximum Gasteiger partial charge on any atom is 0.338 e. The lowest BCUT2D eigenvalue weighted by atomic mass is 10.2. The number of carbonyl (C=O) groups excluding carboxylic acids is 2. The molecule has 1 N–H and O–H groups in total. The van der Waals surface area contributed by atoms with Crippen molar-refractivity contribution in [3.05, 3.63) is 58.9 Å². The van der Waals surface area contributed by atoms with Gasteiger partial charge in [0.05, 0.1) is 23.4 Å². The van der Waals surface area contributed by atoms with Crippen molar-refractivity contribution in [2.45, 2.75) is 0 Å². The summed E-state index contributed by atoms with van der Waals surface area (Å²) < 4.78 is 22.8. The second-order valence-electron chi connectivity index (χ2n) is 4.48. The zero-order valence-corrected chi connectivity index (χ0v) is 12.9. The lowest BCUT2D eigenvalue weighted by molar-refractivity contribution is -0.119. The average molecular weight is 338 g/mol. The molecular formula is C16H13ClFNO4. The molecule has 0 unspecified atom stereocenters. The van der Waals surface area contributed by atoms with Crippen molar-refractivity contribution in [1.29, 1.82) is 0 Å². The Morgan fingerprint density at radius 2 is 1.87 bits per heavy atom. The Labute approximate surface area is 137 Å². The van der Waals surface area contributed by atoms with Crippen LogP contribution in [0.2, 0.25) is 5.02 Å². The first-order chi connectivity index (χ1) is 11.0. The van der Waals surface area contributed by atoms with Gasteiger partial charge in [0.25, 0.3) is 5.91 Å². The molecule has 0 heterocycles. The maximum absolute atomic E-state index is 12.9. The number of halogens is 2. The normalized spacial score (nSPS) is 10.0. The van der Waals surface area contributed by atoms with Gasteiger partial charge in [0, 0.05) is 0 Å². The lowest BCUT2D eigenvalue weighted by Crippen LogP contribution is -2.21. The minimum atomic E-state index is -0.645. The van der Waals surface area contributed by atoms with Gasteiger partial charge in [-0.25, -0.2) is 9.18 Å². The number of ether oxygens (including phenoxy) is 2. The Morgan fingerprint density at radius 3 is 2.48 bits per heavy atom. The summed E-state index contributed by atoms with van der Waals surface area (Å²) in [7, 11) is 1.51. The van der Waals surface area contributed by atoms with E-state index >= 15 is 0 Å². The number of rotatable bonds is 5. The molecule has 0 spiro atoms. The second-order valence-corrected chi connectivity index (χ2v) is 4.88. The molecule has 0 saturated carbocycles. The first-order valence-corrected chi connectivity index (χ1v) is 6.93. The number of amides is 1. The van der Waals surface area contributed by atoms with Crippen molar-refractivity contribution < 1.29 is 23.5 Å². The number of hydrogen-bond acceptors (Lipinski definition) is 4. The molecule has 0 aliphatic rings. The zero-order valence-electron chi connectivity index (χ0n) is 12.1. The van der Waals surface area contributed by atoms with E-state index < -0.39 is 24.3 Å². The van der Waals surface area contributed by atoms with Crippen LogP contribution in [0, 0.1) is 5.82 Å². The van der Waals surface area contributed by atoms with Crippen LogP contribution in [0.5, 0.6) is 5.75 Å².